The van der Waals surface area contributed by atoms with Crippen LogP contribution >= 0.6 is 12.2 Å². The topological polar surface area (TPSA) is 57.2 Å². The Bertz CT molecular complexity index is 802. The average Bonchev–Trinajstić information content (AvgIpc) is 2.95. The Balaban J connectivity index is 1.74. The Morgan fingerprint density at radius 2 is 2.00 bits per heavy atom. The summed E-state index contributed by atoms with van der Waals surface area (Å²) in [6.45, 7) is 10.0. The first-order valence-electron chi connectivity index (χ1n) is 8.70. The summed E-state index contributed by atoms with van der Waals surface area (Å²) in [7, 11) is 0. The molecule has 1 aromatic heterocycles. The van der Waals surface area contributed by atoms with E-state index in [0.717, 1.165) is 37.3 Å². The van der Waals surface area contributed by atoms with Crippen molar-refractivity contribution in [1.82, 2.24) is 24.6 Å². The molecule has 1 aromatic carbocycles. The molecule has 1 N–H and O–H groups in total. The lowest BCUT2D eigenvalue weighted by Crippen LogP contribution is -2.51. The molecule has 0 bridgehead atoms. The van der Waals surface area contributed by atoms with Gasteiger partial charge in [0.15, 0.2) is 10.6 Å². The Kier molecular flexibility index (Phi) is 5.34. The van der Waals surface area contributed by atoms with Gasteiger partial charge in [-0.3, -0.25) is 19.4 Å². The first-order chi connectivity index (χ1) is 12.0. The molecule has 0 unspecified atom stereocenters. The highest BCUT2D eigenvalue weighted by Crippen LogP contribution is 2.19. The maximum absolute atomic E-state index is 12.7. The minimum atomic E-state index is 0.0924. The minimum Gasteiger partial charge on any atom is -0.339 e. The molecule has 0 radical (unpaired) electrons. The molecule has 1 saturated heterocycles. The zero-order valence-corrected chi connectivity index (χ0v) is 15.8. The Hall–Kier alpha value is -1.99. The quantitative estimate of drug-likeness (QED) is 0.852. The van der Waals surface area contributed by atoms with Gasteiger partial charge < -0.3 is 4.90 Å². The number of rotatable bonds is 4. The molecule has 3 rings (SSSR count). The van der Waals surface area contributed by atoms with E-state index in [4.69, 9.17) is 12.2 Å². The smallest absolute Gasteiger partial charge is 0.242 e. The predicted octanol–water partition coefficient (Wildman–Crippen LogP) is 2.47. The lowest BCUT2D eigenvalue weighted by Gasteiger charge is -2.37. The van der Waals surface area contributed by atoms with Gasteiger partial charge in [0.25, 0.3) is 0 Å². The van der Waals surface area contributed by atoms with E-state index in [1.54, 1.807) is 4.57 Å². The van der Waals surface area contributed by atoms with Crippen LogP contribution in [0.3, 0.4) is 0 Å². The normalized spacial score (nSPS) is 15.8. The number of nitrogens with one attached hydrogen (secondary N) is 1. The van der Waals surface area contributed by atoms with Crippen molar-refractivity contribution in [3.8, 4) is 11.4 Å². The van der Waals surface area contributed by atoms with Crippen LogP contribution < -0.4 is 0 Å². The number of piperazine rings is 1. The molecule has 0 aliphatic carbocycles. The van der Waals surface area contributed by atoms with E-state index in [2.05, 4.69) is 28.9 Å². The van der Waals surface area contributed by atoms with Gasteiger partial charge in [0.1, 0.15) is 6.54 Å². The number of hydrogen-bond acceptors (Lipinski definition) is 4. The van der Waals surface area contributed by atoms with Crippen LogP contribution in [0, 0.1) is 11.7 Å². The molecule has 1 amide bonds. The van der Waals surface area contributed by atoms with Gasteiger partial charge in [-0.05, 0) is 39.1 Å². The van der Waals surface area contributed by atoms with E-state index < -0.39 is 0 Å². The van der Waals surface area contributed by atoms with E-state index in [-0.39, 0.29) is 12.5 Å². The summed E-state index contributed by atoms with van der Waals surface area (Å²) in [6, 6.07) is 8.58. The third-order valence-corrected chi connectivity index (χ3v) is 5.04. The number of benzene rings is 1. The van der Waals surface area contributed by atoms with Gasteiger partial charge in [-0.1, -0.05) is 23.8 Å². The van der Waals surface area contributed by atoms with Gasteiger partial charge in [-0.15, -0.1) is 0 Å². The highest BCUT2D eigenvalue weighted by atomic mass is 32.1. The van der Waals surface area contributed by atoms with Crippen LogP contribution in [-0.4, -0.2) is 62.7 Å². The van der Waals surface area contributed by atoms with Crippen molar-refractivity contribution in [3.63, 3.8) is 0 Å². The first kappa shape index (κ1) is 17.8. The van der Waals surface area contributed by atoms with Crippen molar-refractivity contribution in [2.24, 2.45) is 0 Å². The summed E-state index contributed by atoms with van der Waals surface area (Å²) in [5.74, 6) is 0.803. The lowest BCUT2D eigenvalue weighted by atomic mass is 10.1. The molecule has 0 spiro atoms. The number of H-pyrrole nitrogens is 1. The van der Waals surface area contributed by atoms with Gasteiger partial charge >= 0.3 is 0 Å². The van der Waals surface area contributed by atoms with Crippen LogP contribution in [0.5, 0.6) is 0 Å². The van der Waals surface area contributed by atoms with Gasteiger partial charge in [-0.25, -0.2) is 0 Å². The number of aryl methyl sites for hydroxylation is 1. The number of amides is 1. The van der Waals surface area contributed by atoms with Crippen LogP contribution in [0.4, 0.5) is 0 Å². The summed E-state index contributed by atoms with van der Waals surface area (Å²) in [5.41, 5.74) is 2.11. The van der Waals surface area contributed by atoms with Crippen molar-refractivity contribution in [2.45, 2.75) is 33.4 Å². The Morgan fingerprint density at radius 3 is 2.64 bits per heavy atom. The van der Waals surface area contributed by atoms with Crippen molar-refractivity contribution in [1.29, 1.82) is 0 Å². The zero-order chi connectivity index (χ0) is 18.0. The van der Waals surface area contributed by atoms with Crippen molar-refractivity contribution >= 4 is 18.1 Å². The third-order valence-electron chi connectivity index (χ3n) is 4.73. The molecule has 1 aliphatic heterocycles. The van der Waals surface area contributed by atoms with Crippen LogP contribution in [0.25, 0.3) is 11.4 Å². The summed E-state index contributed by atoms with van der Waals surface area (Å²) in [4.78, 5) is 17.1. The summed E-state index contributed by atoms with van der Waals surface area (Å²) in [5, 5.41) is 7.15. The molecule has 6 nitrogen and oxygen atoms in total. The molecule has 0 saturated carbocycles. The third kappa shape index (κ3) is 3.99. The zero-order valence-electron chi connectivity index (χ0n) is 15.0. The fraction of sp³-hybridized carbons (Fsp3) is 0.500. The number of nitrogens with zero attached hydrogens (tertiary/aromatic N) is 4. The van der Waals surface area contributed by atoms with Gasteiger partial charge in [0.05, 0.1) is 0 Å². The molecule has 1 fully saturated rings. The predicted molar refractivity (Wildman–Crippen MR) is 101 cm³/mol. The van der Waals surface area contributed by atoms with E-state index in [9.17, 15) is 4.79 Å². The standard InChI is InChI=1S/C18H25N5OS/c1-13(2)21-7-9-22(10-8-21)16(24)12-23-17(19-20-18(23)25)15-6-4-5-14(3)11-15/h4-6,11,13H,7-10,12H2,1-3H3,(H,20,25). The fourth-order valence-corrected chi connectivity index (χ4v) is 3.39. The van der Waals surface area contributed by atoms with E-state index in [1.807, 2.05) is 36.1 Å². The van der Waals surface area contributed by atoms with E-state index in [1.165, 1.54) is 0 Å². The maximum Gasteiger partial charge on any atom is 0.242 e. The largest absolute Gasteiger partial charge is 0.339 e. The molecule has 0 atom stereocenters. The van der Waals surface area contributed by atoms with Crippen LogP contribution in [-0.2, 0) is 11.3 Å². The van der Waals surface area contributed by atoms with Gasteiger partial charge in [0.2, 0.25) is 5.91 Å². The summed E-state index contributed by atoms with van der Waals surface area (Å²) >= 11 is 5.34. The Morgan fingerprint density at radius 1 is 1.28 bits per heavy atom. The van der Waals surface area contributed by atoms with Gasteiger partial charge in [0, 0.05) is 37.8 Å². The second kappa shape index (κ2) is 7.49. The molecule has 2 heterocycles. The molecule has 2 aromatic rings. The highest BCUT2D eigenvalue weighted by molar-refractivity contribution is 7.71. The molecule has 25 heavy (non-hydrogen) atoms. The molecular formula is C18H25N5OS. The minimum absolute atomic E-state index is 0.0924. The second-order valence-corrected chi connectivity index (χ2v) is 7.21. The SMILES string of the molecule is Cc1cccc(-c2n[nH]c(=S)n2CC(=O)N2CCN(C(C)C)CC2)c1. The monoisotopic (exact) mass is 359 g/mol. The Labute approximate surface area is 153 Å². The summed E-state index contributed by atoms with van der Waals surface area (Å²) < 4.78 is 2.27. The summed E-state index contributed by atoms with van der Waals surface area (Å²) in [6.07, 6.45) is 0. The lowest BCUT2D eigenvalue weighted by molar-refractivity contribution is -0.133. The number of aromatic amines is 1. The number of hydrogen-bond donors (Lipinski definition) is 1. The van der Waals surface area contributed by atoms with Crippen molar-refractivity contribution in [2.75, 3.05) is 26.2 Å². The maximum atomic E-state index is 12.7. The number of aromatic nitrogens is 3. The average molecular weight is 359 g/mol. The van der Waals surface area contributed by atoms with E-state index in [0.29, 0.717) is 16.6 Å². The van der Waals surface area contributed by atoms with Crippen molar-refractivity contribution < 1.29 is 4.79 Å². The van der Waals surface area contributed by atoms with Gasteiger partial charge in [-0.2, -0.15) is 5.10 Å². The molecule has 1 aliphatic rings. The molecular weight excluding hydrogens is 334 g/mol. The second-order valence-electron chi connectivity index (χ2n) is 6.82. The fourth-order valence-electron chi connectivity index (χ4n) is 3.19. The molecule has 134 valence electrons. The highest BCUT2D eigenvalue weighted by Gasteiger charge is 2.23. The van der Waals surface area contributed by atoms with Crippen LogP contribution in [0.2, 0.25) is 0 Å². The van der Waals surface area contributed by atoms with E-state index >= 15 is 0 Å². The van der Waals surface area contributed by atoms with Crippen LogP contribution in [0.15, 0.2) is 24.3 Å². The van der Waals surface area contributed by atoms with Crippen molar-refractivity contribution in [3.05, 3.63) is 34.6 Å². The molecule has 7 heteroatoms. The number of carbonyl (C=O) groups is 1. The number of carbonyl (C=O) groups excluding carboxylic acids is 1. The van der Waals surface area contributed by atoms with Crippen LogP contribution in [0.1, 0.15) is 19.4 Å². The first-order valence-corrected chi connectivity index (χ1v) is 9.10.